The van der Waals surface area contributed by atoms with Gasteiger partial charge in [-0.25, -0.2) is 0 Å². The highest BCUT2D eigenvalue weighted by Crippen LogP contribution is 2.26. The van der Waals surface area contributed by atoms with Crippen LogP contribution in [0.15, 0.2) is 4.52 Å². The predicted octanol–water partition coefficient (Wildman–Crippen LogP) is 0.404. The van der Waals surface area contributed by atoms with E-state index in [1.807, 2.05) is 11.8 Å². The molecule has 1 aliphatic carbocycles. The Kier molecular flexibility index (Phi) is 4.73. The topological polar surface area (TPSA) is 88.5 Å². The minimum Gasteiger partial charge on any atom is -0.340 e. The zero-order chi connectivity index (χ0) is 15.5. The van der Waals surface area contributed by atoms with Crippen LogP contribution in [-0.2, 0) is 17.8 Å². The monoisotopic (exact) mass is 307 g/mol. The lowest BCUT2D eigenvalue weighted by atomic mass is 10.0. The molecule has 2 fully saturated rings. The smallest absolute Gasteiger partial charge is 0.227 e. The van der Waals surface area contributed by atoms with Gasteiger partial charge in [0.2, 0.25) is 11.8 Å². The van der Waals surface area contributed by atoms with Gasteiger partial charge in [-0.1, -0.05) is 18.5 Å². The van der Waals surface area contributed by atoms with Crippen molar-refractivity contribution in [3.63, 3.8) is 0 Å². The third kappa shape index (κ3) is 3.30. The fourth-order valence-corrected chi connectivity index (χ4v) is 3.35. The molecule has 0 radical (unpaired) electrons. The molecule has 1 aromatic heterocycles. The molecule has 7 nitrogen and oxygen atoms in total. The lowest BCUT2D eigenvalue weighted by molar-refractivity contribution is -0.137. The Morgan fingerprint density at radius 1 is 1.32 bits per heavy atom. The summed E-state index contributed by atoms with van der Waals surface area (Å²) in [7, 11) is 0. The number of aryl methyl sites for hydroxylation is 1. The molecule has 1 saturated carbocycles. The van der Waals surface area contributed by atoms with Crippen molar-refractivity contribution in [2.75, 3.05) is 26.2 Å². The third-order valence-electron chi connectivity index (χ3n) is 4.75. The van der Waals surface area contributed by atoms with Crippen molar-refractivity contribution in [3.05, 3.63) is 11.7 Å². The van der Waals surface area contributed by atoms with Crippen LogP contribution in [0.4, 0.5) is 0 Å². The number of rotatable bonds is 4. The molecule has 0 spiro atoms. The van der Waals surface area contributed by atoms with Gasteiger partial charge in [0.05, 0.1) is 12.5 Å². The zero-order valence-corrected chi connectivity index (χ0v) is 13.2. The Morgan fingerprint density at radius 3 is 2.68 bits per heavy atom. The van der Waals surface area contributed by atoms with Crippen molar-refractivity contribution in [2.45, 2.75) is 45.2 Å². The van der Waals surface area contributed by atoms with Crippen LogP contribution < -0.4 is 5.73 Å². The van der Waals surface area contributed by atoms with Gasteiger partial charge in [0.25, 0.3) is 0 Å². The summed E-state index contributed by atoms with van der Waals surface area (Å²) >= 11 is 0. The number of piperazine rings is 1. The molecule has 0 bridgehead atoms. The Labute approximate surface area is 130 Å². The van der Waals surface area contributed by atoms with E-state index < -0.39 is 0 Å². The summed E-state index contributed by atoms with van der Waals surface area (Å²) in [4.78, 5) is 21.1. The van der Waals surface area contributed by atoms with Crippen LogP contribution in [0.25, 0.3) is 0 Å². The normalized spacial score (nSPS) is 26.5. The Morgan fingerprint density at radius 2 is 2.09 bits per heavy atom. The van der Waals surface area contributed by atoms with Gasteiger partial charge in [-0.2, -0.15) is 4.98 Å². The average Bonchev–Trinajstić information content (AvgIpc) is 3.16. The third-order valence-corrected chi connectivity index (χ3v) is 4.75. The van der Waals surface area contributed by atoms with Crippen LogP contribution in [0.2, 0.25) is 0 Å². The number of carbonyl (C=O) groups is 1. The highest BCUT2D eigenvalue weighted by atomic mass is 16.5. The van der Waals surface area contributed by atoms with Crippen LogP contribution in [0.3, 0.4) is 0 Å². The van der Waals surface area contributed by atoms with Gasteiger partial charge >= 0.3 is 0 Å². The largest absolute Gasteiger partial charge is 0.340 e. The second-order valence-electron chi connectivity index (χ2n) is 6.26. The molecule has 1 aromatic rings. The van der Waals surface area contributed by atoms with Gasteiger partial charge in [0.1, 0.15) is 0 Å². The van der Waals surface area contributed by atoms with E-state index in [2.05, 4.69) is 15.0 Å². The molecule has 2 heterocycles. The summed E-state index contributed by atoms with van der Waals surface area (Å²) in [6.07, 6.45) is 3.77. The first-order valence-electron chi connectivity index (χ1n) is 8.25. The van der Waals surface area contributed by atoms with Crippen LogP contribution in [0, 0.1) is 5.92 Å². The number of hydrogen-bond donors (Lipinski definition) is 1. The lowest BCUT2D eigenvalue weighted by Gasteiger charge is -2.36. The van der Waals surface area contributed by atoms with E-state index in [4.69, 9.17) is 10.3 Å². The van der Waals surface area contributed by atoms with E-state index in [1.165, 1.54) is 0 Å². The second kappa shape index (κ2) is 6.75. The molecule has 0 unspecified atom stereocenters. The zero-order valence-electron chi connectivity index (χ0n) is 13.2. The van der Waals surface area contributed by atoms with E-state index in [0.29, 0.717) is 12.4 Å². The maximum absolute atomic E-state index is 12.5. The van der Waals surface area contributed by atoms with Crippen LogP contribution in [-0.4, -0.2) is 58.1 Å². The minimum atomic E-state index is 0.0378. The van der Waals surface area contributed by atoms with Crippen LogP contribution >= 0.6 is 0 Å². The number of nitrogens with two attached hydrogens (primary N) is 1. The molecular formula is C15H25N5O2. The highest BCUT2D eigenvalue weighted by molar-refractivity contribution is 5.80. The van der Waals surface area contributed by atoms with E-state index in [9.17, 15) is 4.79 Å². The summed E-state index contributed by atoms with van der Waals surface area (Å²) in [5, 5.41) is 3.98. The van der Waals surface area contributed by atoms with Crippen molar-refractivity contribution < 1.29 is 9.32 Å². The van der Waals surface area contributed by atoms with Crippen molar-refractivity contribution in [2.24, 2.45) is 11.7 Å². The Bertz CT molecular complexity index is 510. The van der Waals surface area contributed by atoms with Gasteiger partial charge in [0, 0.05) is 38.6 Å². The van der Waals surface area contributed by atoms with Crippen molar-refractivity contribution in [3.8, 4) is 0 Å². The summed E-state index contributed by atoms with van der Waals surface area (Å²) in [6, 6.07) is 0.0531. The molecule has 22 heavy (non-hydrogen) atoms. The highest BCUT2D eigenvalue weighted by Gasteiger charge is 2.34. The predicted molar refractivity (Wildman–Crippen MR) is 80.8 cm³/mol. The number of amides is 1. The maximum Gasteiger partial charge on any atom is 0.227 e. The molecule has 1 amide bonds. The summed E-state index contributed by atoms with van der Waals surface area (Å²) in [5.74, 6) is 1.70. The van der Waals surface area contributed by atoms with Gasteiger partial charge in [-0.05, 0) is 12.8 Å². The van der Waals surface area contributed by atoms with E-state index >= 15 is 0 Å². The molecule has 2 aliphatic rings. The fraction of sp³-hybridized carbons (Fsp3) is 0.800. The molecule has 122 valence electrons. The van der Waals surface area contributed by atoms with Gasteiger partial charge in [-0.3, -0.25) is 9.69 Å². The summed E-state index contributed by atoms with van der Waals surface area (Å²) < 4.78 is 5.13. The van der Waals surface area contributed by atoms with Crippen LogP contribution in [0.5, 0.6) is 0 Å². The minimum absolute atomic E-state index is 0.0378. The van der Waals surface area contributed by atoms with E-state index in [0.717, 1.165) is 57.7 Å². The quantitative estimate of drug-likeness (QED) is 0.866. The van der Waals surface area contributed by atoms with Gasteiger partial charge < -0.3 is 15.2 Å². The van der Waals surface area contributed by atoms with Gasteiger partial charge in [-0.15, -0.1) is 0 Å². The number of carbonyl (C=O) groups excluding carboxylic acids is 1. The maximum atomic E-state index is 12.5. The second-order valence-corrected chi connectivity index (χ2v) is 6.26. The van der Waals surface area contributed by atoms with Gasteiger partial charge in [0.15, 0.2) is 5.82 Å². The average molecular weight is 307 g/mol. The van der Waals surface area contributed by atoms with Crippen molar-refractivity contribution in [1.29, 1.82) is 0 Å². The van der Waals surface area contributed by atoms with E-state index in [-0.39, 0.29) is 17.9 Å². The molecule has 7 heteroatoms. The molecule has 0 aromatic carbocycles. The Hall–Kier alpha value is -1.47. The molecule has 3 rings (SSSR count). The molecule has 1 saturated heterocycles. The SMILES string of the molecule is CCc1nc(CN2CCN(C(=O)[C@@H]3CCC[C@H]3N)CC2)no1. The van der Waals surface area contributed by atoms with Crippen LogP contribution in [0.1, 0.15) is 37.9 Å². The standard InChI is InChI=1S/C15H25N5O2/c1-2-14-17-13(18-22-14)10-19-6-8-20(9-7-19)15(21)11-4-3-5-12(11)16/h11-12H,2-10,16H2,1H3/t11-,12-/m1/s1. The number of aromatic nitrogens is 2. The molecule has 2 N–H and O–H groups in total. The fourth-order valence-electron chi connectivity index (χ4n) is 3.35. The molecule has 2 atom stereocenters. The first kappa shape index (κ1) is 15.4. The first-order valence-corrected chi connectivity index (χ1v) is 8.25. The molecular weight excluding hydrogens is 282 g/mol. The summed E-state index contributed by atoms with van der Waals surface area (Å²) in [5.41, 5.74) is 6.05. The number of hydrogen-bond acceptors (Lipinski definition) is 6. The molecule has 1 aliphatic heterocycles. The number of nitrogens with zero attached hydrogens (tertiary/aromatic N) is 4. The van der Waals surface area contributed by atoms with E-state index in [1.54, 1.807) is 0 Å². The van der Waals surface area contributed by atoms with Crippen molar-refractivity contribution in [1.82, 2.24) is 19.9 Å². The van der Waals surface area contributed by atoms with Crippen molar-refractivity contribution >= 4 is 5.91 Å². The first-order chi connectivity index (χ1) is 10.7. The lowest BCUT2D eigenvalue weighted by Crippen LogP contribution is -2.51. The Balaban J connectivity index is 1.48. The summed E-state index contributed by atoms with van der Waals surface area (Å²) in [6.45, 7) is 5.92.